The Morgan fingerprint density at radius 1 is 1.28 bits per heavy atom. The summed E-state index contributed by atoms with van der Waals surface area (Å²) in [5, 5.41) is 3.18. The zero-order valence-electron chi connectivity index (χ0n) is 10.1. The van der Waals surface area contributed by atoms with Gasteiger partial charge in [0.05, 0.1) is 5.69 Å². The van der Waals surface area contributed by atoms with Gasteiger partial charge in [-0.25, -0.2) is 8.78 Å². The van der Waals surface area contributed by atoms with E-state index in [1.165, 1.54) is 12.5 Å². The molecule has 5 heteroatoms. The Kier molecular flexibility index (Phi) is 4.56. The number of halogens is 3. The van der Waals surface area contributed by atoms with E-state index in [4.69, 9.17) is 5.73 Å². The molecule has 0 amide bonds. The van der Waals surface area contributed by atoms with Gasteiger partial charge in [-0.15, -0.1) is 0 Å². The van der Waals surface area contributed by atoms with E-state index < -0.39 is 11.6 Å². The molecule has 0 aromatic heterocycles. The van der Waals surface area contributed by atoms with E-state index in [9.17, 15) is 8.78 Å². The van der Waals surface area contributed by atoms with Gasteiger partial charge in [0.15, 0.2) is 0 Å². The summed E-state index contributed by atoms with van der Waals surface area (Å²) in [5.41, 5.74) is 6.08. The first-order chi connectivity index (χ1) is 8.61. The van der Waals surface area contributed by atoms with Gasteiger partial charge in [-0.3, -0.25) is 0 Å². The second-order valence-corrected chi connectivity index (χ2v) is 5.63. The van der Waals surface area contributed by atoms with Crippen molar-refractivity contribution >= 4 is 21.6 Å². The van der Waals surface area contributed by atoms with Crippen LogP contribution in [0.3, 0.4) is 0 Å². The second-order valence-electron chi connectivity index (χ2n) is 4.78. The van der Waals surface area contributed by atoms with Crippen LogP contribution >= 0.6 is 15.9 Å². The summed E-state index contributed by atoms with van der Waals surface area (Å²) >= 11 is 3.19. The highest BCUT2D eigenvalue weighted by molar-refractivity contribution is 9.10. The number of nitrogens with two attached hydrogens (primary N) is 1. The van der Waals surface area contributed by atoms with Gasteiger partial charge in [0.25, 0.3) is 0 Å². The van der Waals surface area contributed by atoms with Crippen molar-refractivity contribution in [3.63, 3.8) is 0 Å². The molecular weight excluding hydrogens is 302 g/mol. The Morgan fingerprint density at radius 3 is 2.67 bits per heavy atom. The minimum atomic E-state index is -0.580. The molecule has 2 unspecified atom stereocenters. The van der Waals surface area contributed by atoms with E-state index in [0.717, 1.165) is 25.3 Å². The first-order valence-corrected chi connectivity index (χ1v) is 7.02. The van der Waals surface area contributed by atoms with Crippen molar-refractivity contribution in [1.29, 1.82) is 0 Å². The van der Waals surface area contributed by atoms with Crippen LogP contribution in [0, 0.1) is 17.6 Å². The molecule has 1 aromatic rings. The zero-order valence-corrected chi connectivity index (χ0v) is 11.6. The van der Waals surface area contributed by atoms with Crippen molar-refractivity contribution in [3.05, 3.63) is 28.2 Å². The standard InChI is InChI=1S/C13H17BrF2N2/c14-10-5-9(15)6-11(16)13(10)18-12-4-2-1-3-8(12)7-17/h5-6,8,12,18H,1-4,7,17H2. The monoisotopic (exact) mass is 318 g/mol. The van der Waals surface area contributed by atoms with Crippen LogP contribution in [0.1, 0.15) is 25.7 Å². The zero-order chi connectivity index (χ0) is 13.1. The number of nitrogens with one attached hydrogen (secondary N) is 1. The largest absolute Gasteiger partial charge is 0.379 e. The number of benzene rings is 1. The van der Waals surface area contributed by atoms with Crippen molar-refractivity contribution in [2.75, 3.05) is 11.9 Å². The lowest BCUT2D eigenvalue weighted by Gasteiger charge is -2.32. The molecule has 2 rings (SSSR count). The molecule has 0 bridgehead atoms. The highest BCUT2D eigenvalue weighted by Gasteiger charge is 2.25. The maximum atomic E-state index is 13.7. The Labute approximate surface area is 114 Å². The summed E-state index contributed by atoms with van der Waals surface area (Å²) in [6, 6.07) is 2.33. The second kappa shape index (κ2) is 5.97. The molecule has 1 aliphatic rings. The maximum Gasteiger partial charge on any atom is 0.150 e. The Hall–Kier alpha value is -0.680. The molecule has 0 spiro atoms. The molecule has 1 saturated carbocycles. The molecule has 0 saturated heterocycles. The molecule has 2 atom stereocenters. The lowest BCUT2D eigenvalue weighted by atomic mass is 9.84. The van der Waals surface area contributed by atoms with E-state index in [-0.39, 0.29) is 6.04 Å². The van der Waals surface area contributed by atoms with Crippen LogP contribution in [0.25, 0.3) is 0 Å². The fraction of sp³-hybridized carbons (Fsp3) is 0.538. The van der Waals surface area contributed by atoms with Crippen LogP contribution < -0.4 is 11.1 Å². The third-order valence-electron chi connectivity index (χ3n) is 3.55. The lowest BCUT2D eigenvalue weighted by molar-refractivity contribution is 0.331. The van der Waals surface area contributed by atoms with Gasteiger partial charge in [-0.1, -0.05) is 12.8 Å². The van der Waals surface area contributed by atoms with Crippen LogP contribution in [0.4, 0.5) is 14.5 Å². The van der Waals surface area contributed by atoms with Gasteiger partial charge in [-0.2, -0.15) is 0 Å². The van der Waals surface area contributed by atoms with E-state index in [0.29, 0.717) is 22.6 Å². The third-order valence-corrected chi connectivity index (χ3v) is 4.17. The van der Waals surface area contributed by atoms with Crippen LogP contribution in [0.2, 0.25) is 0 Å². The minimum Gasteiger partial charge on any atom is -0.379 e. The quantitative estimate of drug-likeness (QED) is 0.892. The number of hydrogen-bond acceptors (Lipinski definition) is 2. The van der Waals surface area contributed by atoms with Crippen molar-refractivity contribution < 1.29 is 8.78 Å². The molecule has 18 heavy (non-hydrogen) atoms. The molecule has 3 N–H and O–H groups in total. The minimum absolute atomic E-state index is 0.167. The summed E-state index contributed by atoms with van der Waals surface area (Å²) in [5.74, 6) is -0.790. The average Bonchev–Trinajstić information content (AvgIpc) is 2.34. The van der Waals surface area contributed by atoms with Gasteiger partial charge in [0.1, 0.15) is 11.6 Å². The Balaban J connectivity index is 2.17. The molecule has 2 nitrogen and oxygen atoms in total. The maximum absolute atomic E-state index is 13.7. The third kappa shape index (κ3) is 3.01. The van der Waals surface area contributed by atoms with E-state index >= 15 is 0 Å². The molecule has 1 aromatic carbocycles. The fourth-order valence-corrected chi connectivity index (χ4v) is 3.07. The first kappa shape index (κ1) is 13.7. The number of hydrogen-bond donors (Lipinski definition) is 2. The number of anilines is 1. The molecule has 100 valence electrons. The van der Waals surface area contributed by atoms with E-state index in [1.807, 2.05) is 0 Å². The molecule has 1 aliphatic carbocycles. The molecule has 0 aliphatic heterocycles. The topological polar surface area (TPSA) is 38.0 Å². The van der Waals surface area contributed by atoms with Crippen molar-refractivity contribution in [3.8, 4) is 0 Å². The summed E-state index contributed by atoms with van der Waals surface area (Å²) in [4.78, 5) is 0. The SMILES string of the molecule is NCC1CCCCC1Nc1c(F)cc(F)cc1Br. The van der Waals surface area contributed by atoms with Crippen LogP contribution in [-0.4, -0.2) is 12.6 Å². The van der Waals surface area contributed by atoms with E-state index in [1.54, 1.807) is 0 Å². The predicted molar refractivity (Wildman–Crippen MR) is 72.5 cm³/mol. The van der Waals surface area contributed by atoms with Gasteiger partial charge in [0.2, 0.25) is 0 Å². The van der Waals surface area contributed by atoms with Gasteiger partial charge >= 0.3 is 0 Å². The Morgan fingerprint density at radius 2 is 2.00 bits per heavy atom. The highest BCUT2D eigenvalue weighted by atomic mass is 79.9. The van der Waals surface area contributed by atoms with Crippen molar-refractivity contribution in [2.24, 2.45) is 11.7 Å². The molecule has 1 fully saturated rings. The van der Waals surface area contributed by atoms with Gasteiger partial charge < -0.3 is 11.1 Å². The van der Waals surface area contributed by atoms with Crippen LogP contribution in [-0.2, 0) is 0 Å². The summed E-state index contributed by atoms with van der Waals surface area (Å²) in [6.07, 6.45) is 4.33. The normalized spacial score (nSPS) is 24.0. The van der Waals surface area contributed by atoms with Crippen LogP contribution in [0.15, 0.2) is 16.6 Å². The highest BCUT2D eigenvalue weighted by Crippen LogP contribution is 2.32. The fourth-order valence-electron chi connectivity index (χ4n) is 2.55. The van der Waals surface area contributed by atoms with Gasteiger partial charge in [0, 0.05) is 16.6 Å². The summed E-state index contributed by atoms with van der Waals surface area (Å²) in [6.45, 7) is 0.595. The smallest absolute Gasteiger partial charge is 0.150 e. The van der Waals surface area contributed by atoms with Crippen LogP contribution in [0.5, 0.6) is 0 Å². The molecule has 0 heterocycles. The summed E-state index contributed by atoms with van der Waals surface area (Å²) in [7, 11) is 0. The predicted octanol–water partition coefficient (Wildman–Crippen LogP) is 3.66. The first-order valence-electron chi connectivity index (χ1n) is 6.23. The number of rotatable bonds is 3. The van der Waals surface area contributed by atoms with Crippen molar-refractivity contribution in [1.82, 2.24) is 0 Å². The molecular formula is C13H17BrF2N2. The van der Waals surface area contributed by atoms with Gasteiger partial charge in [-0.05, 0) is 47.3 Å². The lowest BCUT2D eigenvalue weighted by Crippen LogP contribution is -2.37. The Bertz CT molecular complexity index is 402. The summed E-state index contributed by atoms with van der Waals surface area (Å²) < 4.78 is 27.2. The van der Waals surface area contributed by atoms with Crippen molar-refractivity contribution in [2.45, 2.75) is 31.7 Å². The molecule has 0 radical (unpaired) electrons. The average molecular weight is 319 g/mol. The van der Waals surface area contributed by atoms with E-state index in [2.05, 4.69) is 21.2 Å².